The van der Waals surface area contributed by atoms with Gasteiger partial charge < -0.3 is 0 Å². The van der Waals surface area contributed by atoms with Crippen molar-refractivity contribution in [2.24, 2.45) is 17.8 Å². The van der Waals surface area contributed by atoms with Gasteiger partial charge in [-0.2, -0.15) is 0 Å². The van der Waals surface area contributed by atoms with E-state index in [1.54, 1.807) is 0 Å². The number of benzene rings is 1. The van der Waals surface area contributed by atoms with E-state index < -0.39 is 0 Å². The van der Waals surface area contributed by atoms with Gasteiger partial charge in [-0.05, 0) is 42.6 Å². The second kappa shape index (κ2) is 6.28. The number of rotatable bonds is 6. The lowest BCUT2D eigenvalue weighted by Crippen LogP contribution is -2.33. The number of halogens is 1. The van der Waals surface area contributed by atoms with E-state index in [0.29, 0.717) is 0 Å². The highest BCUT2D eigenvalue weighted by Gasteiger charge is 2.39. The summed E-state index contributed by atoms with van der Waals surface area (Å²) in [7, 11) is 0. The maximum atomic E-state index is 5.99. The standard InChI is InChI=1S/C17H24ClN/c18-8-9-19(12-14-4-2-1-3-5-14)13-17-11-15-6-7-16(17)10-15/h1-5,15-17H,6-13H2. The third kappa shape index (κ3) is 3.32. The van der Waals surface area contributed by atoms with Crippen LogP contribution in [0.5, 0.6) is 0 Å². The van der Waals surface area contributed by atoms with Crippen molar-refractivity contribution in [2.45, 2.75) is 32.2 Å². The molecule has 2 aliphatic rings. The lowest BCUT2D eigenvalue weighted by Gasteiger charge is -2.29. The predicted octanol–water partition coefficient (Wildman–Crippen LogP) is 4.16. The van der Waals surface area contributed by atoms with E-state index >= 15 is 0 Å². The van der Waals surface area contributed by atoms with Crippen LogP contribution >= 0.6 is 11.6 Å². The van der Waals surface area contributed by atoms with Gasteiger partial charge in [-0.25, -0.2) is 0 Å². The van der Waals surface area contributed by atoms with E-state index in [0.717, 1.165) is 36.7 Å². The Kier molecular flexibility index (Phi) is 4.45. The molecule has 104 valence electrons. The second-order valence-corrected chi connectivity index (χ2v) is 6.72. The zero-order valence-corrected chi connectivity index (χ0v) is 12.4. The summed E-state index contributed by atoms with van der Waals surface area (Å²) in [5, 5.41) is 0. The first-order chi connectivity index (χ1) is 9.35. The van der Waals surface area contributed by atoms with Crippen molar-refractivity contribution in [1.82, 2.24) is 4.90 Å². The van der Waals surface area contributed by atoms with Gasteiger partial charge >= 0.3 is 0 Å². The van der Waals surface area contributed by atoms with E-state index in [9.17, 15) is 0 Å². The Labute approximate surface area is 121 Å². The quantitative estimate of drug-likeness (QED) is 0.706. The molecule has 2 bridgehead atoms. The number of nitrogens with zero attached hydrogens (tertiary/aromatic N) is 1. The Bertz CT molecular complexity index is 392. The monoisotopic (exact) mass is 277 g/mol. The van der Waals surface area contributed by atoms with Crippen molar-refractivity contribution in [3.63, 3.8) is 0 Å². The van der Waals surface area contributed by atoms with Crippen molar-refractivity contribution in [3.8, 4) is 0 Å². The van der Waals surface area contributed by atoms with Crippen LogP contribution in [0.25, 0.3) is 0 Å². The van der Waals surface area contributed by atoms with Crippen molar-refractivity contribution >= 4 is 11.6 Å². The summed E-state index contributed by atoms with van der Waals surface area (Å²) >= 11 is 5.99. The molecule has 1 nitrogen and oxygen atoms in total. The van der Waals surface area contributed by atoms with E-state index in [4.69, 9.17) is 11.6 Å². The van der Waals surface area contributed by atoms with Crippen LogP contribution < -0.4 is 0 Å². The van der Waals surface area contributed by atoms with E-state index in [2.05, 4.69) is 35.2 Å². The van der Waals surface area contributed by atoms with Crippen LogP contribution in [0.2, 0.25) is 0 Å². The molecule has 0 N–H and O–H groups in total. The van der Waals surface area contributed by atoms with Crippen LogP contribution in [-0.2, 0) is 6.54 Å². The fourth-order valence-electron chi connectivity index (χ4n) is 4.13. The molecule has 2 heteroatoms. The van der Waals surface area contributed by atoms with E-state index in [1.807, 2.05) is 0 Å². The molecule has 1 aromatic rings. The Morgan fingerprint density at radius 3 is 2.58 bits per heavy atom. The summed E-state index contributed by atoms with van der Waals surface area (Å²) < 4.78 is 0. The second-order valence-electron chi connectivity index (χ2n) is 6.34. The molecule has 0 aliphatic heterocycles. The molecule has 3 atom stereocenters. The van der Waals surface area contributed by atoms with Gasteiger partial charge in [0.05, 0.1) is 0 Å². The highest BCUT2D eigenvalue weighted by atomic mass is 35.5. The number of hydrogen-bond acceptors (Lipinski definition) is 1. The largest absolute Gasteiger partial charge is 0.298 e. The first-order valence-electron chi connectivity index (χ1n) is 7.67. The van der Waals surface area contributed by atoms with E-state index in [-0.39, 0.29) is 0 Å². The molecule has 2 saturated carbocycles. The minimum absolute atomic E-state index is 0.744. The average molecular weight is 278 g/mol. The van der Waals surface area contributed by atoms with Crippen LogP contribution in [0, 0.1) is 17.8 Å². The number of alkyl halides is 1. The third-order valence-corrected chi connectivity index (χ3v) is 5.20. The summed E-state index contributed by atoms with van der Waals surface area (Å²) in [4.78, 5) is 2.56. The first-order valence-corrected chi connectivity index (χ1v) is 8.21. The highest BCUT2D eigenvalue weighted by molar-refractivity contribution is 6.18. The molecule has 0 radical (unpaired) electrons. The Morgan fingerprint density at radius 1 is 1.11 bits per heavy atom. The molecule has 19 heavy (non-hydrogen) atoms. The van der Waals surface area contributed by atoms with Gasteiger partial charge in [0.1, 0.15) is 0 Å². The predicted molar refractivity (Wildman–Crippen MR) is 81.4 cm³/mol. The zero-order chi connectivity index (χ0) is 13.1. The van der Waals surface area contributed by atoms with Gasteiger partial charge in [0.2, 0.25) is 0 Å². The molecule has 0 saturated heterocycles. The molecule has 3 rings (SSSR count). The zero-order valence-electron chi connectivity index (χ0n) is 11.6. The fourth-order valence-corrected chi connectivity index (χ4v) is 4.37. The smallest absolute Gasteiger partial charge is 0.0351 e. The first kappa shape index (κ1) is 13.5. The third-order valence-electron chi connectivity index (χ3n) is 5.03. The summed E-state index contributed by atoms with van der Waals surface area (Å²) in [6, 6.07) is 10.8. The summed E-state index contributed by atoms with van der Waals surface area (Å²) in [5.74, 6) is 3.74. The molecule has 0 amide bonds. The van der Waals surface area contributed by atoms with Crippen LogP contribution in [0.1, 0.15) is 31.2 Å². The Hall–Kier alpha value is -0.530. The van der Waals surface area contributed by atoms with E-state index in [1.165, 1.54) is 37.8 Å². The molecule has 3 unspecified atom stereocenters. The molecule has 0 spiro atoms. The Balaban J connectivity index is 1.58. The number of fused-ring (bicyclic) bond motifs is 2. The molecule has 0 aromatic heterocycles. The summed E-state index contributed by atoms with van der Waals surface area (Å²) in [6.07, 6.45) is 5.95. The van der Waals surface area contributed by atoms with Crippen LogP contribution in [0.3, 0.4) is 0 Å². The maximum absolute atomic E-state index is 5.99. The van der Waals surface area contributed by atoms with Crippen molar-refractivity contribution in [2.75, 3.05) is 19.0 Å². The Morgan fingerprint density at radius 2 is 1.95 bits per heavy atom. The molecular weight excluding hydrogens is 254 g/mol. The minimum Gasteiger partial charge on any atom is -0.298 e. The van der Waals surface area contributed by atoms with Crippen molar-refractivity contribution < 1.29 is 0 Å². The van der Waals surface area contributed by atoms with Crippen LogP contribution in [0.4, 0.5) is 0 Å². The van der Waals surface area contributed by atoms with Crippen molar-refractivity contribution in [3.05, 3.63) is 35.9 Å². The van der Waals surface area contributed by atoms with Gasteiger partial charge in [0, 0.05) is 25.5 Å². The summed E-state index contributed by atoms with van der Waals surface area (Å²) in [6.45, 7) is 3.33. The molecule has 2 aliphatic carbocycles. The van der Waals surface area contributed by atoms with Crippen molar-refractivity contribution in [1.29, 1.82) is 0 Å². The normalized spacial score (nSPS) is 29.3. The molecule has 2 fully saturated rings. The summed E-state index contributed by atoms with van der Waals surface area (Å²) in [5.41, 5.74) is 1.41. The fraction of sp³-hybridized carbons (Fsp3) is 0.647. The topological polar surface area (TPSA) is 3.24 Å². The van der Waals surface area contributed by atoms with Crippen LogP contribution in [-0.4, -0.2) is 23.9 Å². The van der Waals surface area contributed by atoms with Gasteiger partial charge in [-0.15, -0.1) is 11.6 Å². The SMILES string of the molecule is ClCCN(Cc1ccccc1)CC1CC2CCC1C2. The lowest BCUT2D eigenvalue weighted by molar-refractivity contribution is 0.191. The lowest BCUT2D eigenvalue weighted by atomic mass is 9.88. The van der Waals surface area contributed by atoms with Gasteiger partial charge in [-0.1, -0.05) is 36.8 Å². The molecular formula is C17H24ClN. The molecule has 0 heterocycles. The van der Waals surface area contributed by atoms with Gasteiger partial charge in [0.15, 0.2) is 0 Å². The molecule has 1 aromatic carbocycles. The maximum Gasteiger partial charge on any atom is 0.0351 e. The average Bonchev–Trinajstić information content (AvgIpc) is 3.02. The van der Waals surface area contributed by atoms with Crippen LogP contribution in [0.15, 0.2) is 30.3 Å². The highest BCUT2D eigenvalue weighted by Crippen LogP contribution is 2.48. The van der Waals surface area contributed by atoms with Gasteiger partial charge in [-0.3, -0.25) is 4.90 Å². The van der Waals surface area contributed by atoms with Gasteiger partial charge in [0.25, 0.3) is 0 Å². The minimum atomic E-state index is 0.744. The number of hydrogen-bond donors (Lipinski definition) is 0.